The Balaban J connectivity index is 3.92. The smallest absolute Gasteiger partial charge is 0.303 e. The zero-order valence-electron chi connectivity index (χ0n) is 9.49. The minimum atomic E-state index is -0.320. The average molecular weight is 214 g/mol. The summed E-state index contributed by atoms with van der Waals surface area (Å²) in [5.74, 6) is -0.621. The quantitative estimate of drug-likeness (QED) is 0.500. The third-order valence-electron chi connectivity index (χ3n) is 1.62. The Bertz CT molecular complexity index is 233. The average Bonchev–Trinajstić information content (AvgIpc) is 2.11. The Morgan fingerprint density at radius 2 is 1.93 bits per heavy atom. The molecule has 0 aromatic heterocycles. The Hall–Kier alpha value is -1.32. The van der Waals surface area contributed by atoms with E-state index in [1.807, 2.05) is 6.92 Å². The van der Waals surface area contributed by atoms with E-state index in [2.05, 4.69) is 0 Å². The van der Waals surface area contributed by atoms with Crippen molar-refractivity contribution in [2.45, 2.75) is 39.7 Å². The SMILES string of the molecule is CCCC(C=CCOC(C)=O)OC(C)=O. The van der Waals surface area contributed by atoms with Crippen molar-refractivity contribution in [3.8, 4) is 0 Å². The van der Waals surface area contributed by atoms with Gasteiger partial charge in [0, 0.05) is 13.8 Å². The molecule has 0 aliphatic rings. The zero-order chi connectivity index (χ0) is 11.7. The lowest BCUT2D eigenvalue weighted by atomic mass is 10.2. The highest BCUT2D eigenvalue weighted by Crippen LogP contribution is 2.04. The third kappa shape index (κ3) is 9.00. The summed E-state index contributed by atoms with van der Waals surface area (Å²) in [5.41, 5.74) is 0. The standard InChI is InChI=1S/C11H18O4/c1-4-6-11(15-10(3)13)7-5-8-14-9(2)12/h5,7,11H,4,6,8H2,1-3H3. The number of rotatable bonds is 6. The molecule has 0 saturated heterocycles. The Morgan fingerprint density at radius 3 is 2.40 bits per heavy atom. The molecule has 0 aliphatic heterocycles. The molecule has 0 rings (SSSR count). The van der Waals surface area contributed by atoms with Crippen molar-refractivity contribution < 1.29 is 19.1 Å². The minimum Gasteiger partial charge on any atom is -0.462 e. The van der Waals surface area contributed by atoms with Crippen molar-refractivity contribution in [1.29, 1.82) is 0 Å². The molecule has 15 heavy (non-hydrogen) atoms. The molecule has 4 nitrogen and oxygen atoms in total. The van der Waals surface area contributed by atoms with Gasteiger partial charge in [0.05, 0.1) is 0 Å². The van der Waals surface area contributed by atoms with Gasteiger partial charge in [-0.15, -0.1) is 0 Å². The first-order chi connectivity index (χ1) is 7.06. The lowest BCUT2D eigenvalue weighted by Crippen LogP contribution is -2.13. The van der Waals surface area contributed by atoms with Crippen molar-refractivity contribution in [2.75, 3.05) is 6.61 Å². The number of hydrogen-bond donors (Lipinski definition) is 0. The van der Waals surface area contributed by atoms with Gasteiger partial charge in [0.2, 0.25) is 0 Å². The van der Waals surface area contributed by atoms with Crippen molar-refractivity contribution in [3.05, 3.63) is 12.2 Å². The summed E-state index contributed by atoms with van der Waals surface area (Å²) in [6, 6.07) is 0. The summed E-state index contributed by atoms with van der Waals surface area (Å²) >= 11 is 0. The molecule has 86 valence electrons. The molecular formula is C11H18O4. The fraction of sp³-hybridized carbons (Fsp3) is 0.636. The van der Waals surface area contributed by atoms with Crippen LogP contribution in [0.15, 0.2) is 12.2 Å². The van der Waals surface area contributed by atoms with E-state index in [0.29, 0.717) is 0 Å². The first kappa shape index (κ1) is 13.7. The molecule has 1 atom stereocenters. The summed E-state index contributed by atoms with van der Waals surface area (Å²) in [5, 5.41) is 0. The fourth-order valence-electron chi connectivity index (χ4n) is 1.06. The maximum Gasteiger partial charge on any atom is 0.303 e. The van der Waals surface area contributed by atoms with Gasteiger partial charge in [-0.25, -0.2) is 0 Å². The van der Waals surface area contributed by atoms with Crippen LogP contribution in [0.1, 0.15) is 33.6 Å². The van der Waals surface area contributed by atoms with Crippen molar-refractivity contribution >= 4 is 11.9 Å². The molecule has 0 N–H and O–H groups in total. The summed E-state index contributed by atoms with van der Waals surface area (Å²) < 4.78 is 9.74. The summed E-state index contributed by atoms with van der Waals surface area (Å²) in [4.78, 5) is 21.2. The van der Waals surface area contributed by atoms with Crippen LogP contribution in [-0.2, 0) is 19.1 Å². The van der Waals surface area contributed by atoms with Gasteiger partial charge in [0.25, 0.3) is 0 Å². The molecule has 0 amide bonds. The molecule has 1 unspecified atom stereocenters. The number of carbonyl (C=O) groups is 2. The van der Waals surface area contributed by atoms with Crippen molar-refractivity contribution in [2.24, 2.45) is 0 Å². The van der Waals surface area contributed by atoms with Crippen LogP contribution in [0.3, 0.4) is 0 Å². The van der Waals surface area contributed by atoms with Crippen LogP contribution in [0.2, 0.25) is 0 Å². The van der Waals surface area contributed by atoms with Crippen LogP contribution in [0.5, 0.6) is 0 Å². The van der Waals surface area contributed by atoms with E-state index in [9.17, 15) is 9.59 Å². The molecule has 0 saturated carbocycles. The second-order valence-electron chi connectivity index (χ2n) is 3.17. The Labute approximate surface area is 90.2 Å². The monoisotopic (exact) mass is 214 g/mol. The topological polar surface area (TPSA) is 52.6 Å². The van der Waals surface area contributed by atoms with E-state index < -0.39 is 0 Å². The van der Waals surface area contributed by atoms with Gasteiger partial charge in [-0.3, -0.25) is 9.59 Å². The van der Waals surface area contributed by atoms with E-state index >= 15 is 0 Å². The second kappa shape index (κ2) is 8.03. The van der Waals surface area contributed by atoms with Gasteiger partial charge in [0.1, 0.15) is 12.7 Å². The van der Waals surface area contributed by atoms with E-state index in [0.717, 1.165) is 12.8 Å². The third-order valence-corrected chi connectivity index (χ3v) is 1.62. The van der Waals surface area contributed by atoms with Crippen LogP contribution < -0.4 is 0 Å². The highest BCUT2D eigenvalue weighted by molar-refractivity contribution is 5.66. The Kier molecular flexibility index (Phi) is 7.32. The predicted molar refractivity (Wildman–Crippen MR) is 56.2 cm³/mol. The van der Waals surface area contributed by atoms with E-state index in [-0.39, 0.29) is 24.6 Å². The molecule has 0 fully saturated rings. The molecular weight excluding hydrogens is 196 g/mol. The number of carbonyl (C=O) groups excluding carboxylic acids is 2. The van der Waals surface area contributed by atoms with Crippen LogP contribution in [-0.4, -0.2) is 24.6 Å². The zero-order valence-corrected chi connectivity index (χ0v) is 9.49. The maximum atomic E-state index is 10.7. The van der Waals surface area contributed by atoms with Gasteiger partial charge in [0.15, 0.2) is 0 Å². The maximum absolute atomic E-state index is 10.7. The van der Waals surface area contributed by atoms with Gasteiger partial charge in [-0.2, -0.15) is 0 Å². The molecule has 0 spiro atoms. The molecule has 0 aromatic rings. The molecule has 4 heteroatoms. The summed E-state index contributed by atoms with van der Waals surface area (Å²) in [6.45, 7) is 4.96. The summed E-state index contributed by atoms with van der Waals surface area (Å²) in [6.07, 6.45) is 4.91. The van der Waals surface area contributed by atoms with Gasteiger partial charge < -0.3 is 9.47 Å². The lowest BCUT2D eigenvalue weighted by Gasteiger charge is -2.11. The molecule has 0 heterocycles. The normalized spacial score (nSPS) is 12.5. The first-order valence-electron chi connectivity index (χ1n) is 5.03. The number of esters is 2. The number of hydrogen-bond acceptors (Lipinski definition) is 4. The van der Waals surface area contributed by atoms with Crippen molar-refractivity contribution in [3.63, 3.8) is 0 Å². The van der Waals surface area contributed by atoms with Crippen LogP contribution >= 0.6 is 0 Å². The molecule has 0 aromatic carbocycles. The highest BCUT2D eigenvalue weighted by atomic mass is 16.5. The largest absolute Gasteiger partial charge is 0.462 e. The molecule has 0 aliphatic carbocycles. The lowest BCUT2D eigenvalue weighted by molar-refractivity contribution is -0.144. The van der Waals surface area contributed by atoms with Gasteiger partial charge in [-0.1, -0.05) is 13.3 Å². The van der Waals surface area contributed by atoms with E-state index in [1.54, 1.807) is 12.2 Å². The van der Waals surface area contributed by atoms with Crippen LogP contribution in [0.25, 0.3) is 0 Å². The van der Waals surface area contributed by atoms with E-state index in [4.69, 9.17) is 9.47 Å². The fourth-order valence-corrected chi connectivity index (χ4v) is 1.06. The first-order valence-corrected chi connectivity index (χ1v) is 5.03. The van der Waals surface area contributed by atoms with Crippen LogP contribution in [0.4, 0.5) is 0 Å². The Morgan fingerprint density at radius 1 is 1.27 bits per heavy atom. The minimum absolute atomic E-state index is 0.219. The predicted octanol–water partition coefficient (Wildman–Crippen LogP) is 1.84. The van der Waals surface area contributed by atoms with Gasteiger partial charge in [-0.05, 0) is 18.6 Å². The number of ether oxygens (including phenoxy) is 2. The van der Waals surface area contributed by atoms with Gasteiger partial charge >= 0.3 is 11.9 Å². The van der Waals surface area contributed by atoms with Crippen LogP contribution in [0, 0.1) is 0 Å². The van der Waals surface area contributed by atoms with E-state index in [1.165, 1.54) is 13.8 Å². The highest BCUT2D eigenvalue weighted by Gasteiger charge is 2.05. The molecule has 0 radical (unpaired) electrons. The molecule has 0 bridgehead atoms. The van der Waals surface area contributed by atoms with Crippen molar-refractivity contribution in [1.82, 2.24) is 0 Å². The summed E-state index contributed by atoms with van der Waals surface area (Å²) in [7, 11) is 0. The second-order valence-corrected chi connectivity index (χ2v) is 3.17.